The van der Waals surface area contributed by atoms with Gasteiger partial charge in [-0.25, -0.2) is 0 Å². The Bertz CT molecular complexity index is 994. The lowest BCUT2D eigenvalue weighted by Crippen LogP contribution is -2.20. The van der Waals surface area contributed by atoms with Gasteiger partial charge in [-0.05, 0) is 52.9 Å². The number of hydrogen-bond acceptors (Lipinski definition) is 2. The van der Waals surface area contributed by atoms with Gasteiger partial charge in [-0.3, -0.25) is 5.01 Å². The molecule has 1 atom stereocenters. The van der Waals surface area contributed by atoms with Crippen LogP contribution in [0.25, 0.3) is 0 Å². The van der Waals surface area contributed by atoms with Crippen LogP contribution >= 0.6 is 27.5 Å². The number of rotatable bonds is 4. The van der Waals surface area contributed by atoms with E-state index in [1.807, 2.05) is 12.1 Å². The Morgan fingerprint density at radius 2 is 1.64 bits per heavy atom. The van der Waals surface area contributed by atoms with E-state index >= 15 is 0 Å². The molecule has 2 nitrogen and oxygen atoms in total. The van der Waals surface area contributed by atoms with Gasteiger partial charge in [0, 0.05) is 15.9 Å². The molecule has 0 bridgehead atoms. The molecule has 0 fully saturated rings. The number of halogens is 2. The van der Waals surface area contributed by atoms with E-state index in [0.29, 0.717) is 5.92 Å². The number of hydrazone groups is 1. The molecule has 142 valence electrons. The fraction of sp³-hybridized carbons (Fsp3) is 0.208. The van der Waals surface area contributed by atoms with Gasteiger partial charge in [0.25, 0.3) is 0 Å². The second-order valence-corrected chi connectivity index (χ2v) is 8.74. The van der Waals surface area contributed by atoms with E-state index < -0.39 is 0 Å². The molecule has 0 amide bonds. The Labute approximate surface area is 180 Å². The van der Waals surface area contributed by atoms with Crippen LogP contribution in [0.2, 0.25) is 5.02 Å². The summed E-state index contributed by atoms with van der Waals surface area (Å²) in [7, 11) is 0. The first-order valence-corrected chi connectivity index (χ1v) is 10.7. The van der Waals surface area contributed by atoms with E-state index in [0.717, 1.165) is 27.2 Å². The van der Waals surface area contributed by atoms with Crippen LogP contribution in [0.5, 0.6) is 0 Å². The van der Waals surface area contributed by atoms with Crippen LogP contribution in [0.3, 0.4) is 0 Å². The summed E-state index contributed by atoms with van der Waals surface area (Å²) in [6.07, 6.45) is 0.857. The van der Waals surface area contributed by atoms with E-state index in [1.165, 1.54) is 16.8 Å². The van der Waals surface area contributed by atoms with Crippen LogP contribution in [0.15, 0.2) is 82.4 Å². The van der Waals surface area contributed by atoms with Crippen molar-refractivity contribution in [2.75, 3.05) is 5.01 Å². The lowest BCUT2D eigenvalue weighted by molar-refractivity contribution is 0.699. The molecule has 3 aromatic rings. The third kappa shape index (κ3) is 3.87. The predicted molar refractivity (Wildman–Crippen MR) is 122 cm³/mol. The van der Waals surface area contributed by atoms with Crippen molar-refractivity contribution in [1.29, 1.82) is 0 Å². The number of benzene rings is 3. The van der Waals surface area contributed by atoms with E-state index in [-0.39, 0.29) is 6.04 Å². The van der Waals surface area contributed by atoms with Crippen LogP contribution in [0.1, 0.15) is 48.9 Å². The third-order valence-corrected chi connectivity index (χ3v) is 5.93. The highest BCUT2D eigenvalue weighted by molar-refractivity contribution is 9.10. The Kier molecular flexibility index (Phi) is 5.56. The van der Waals surface area contributed by atoms with Crippen LogP contribution < -0.4 is 5.01 Å². The first kappa shape index (κ1) is 19.2. The quantitative estimate of drug-likeness (QED) is 0.397. The first-order chi connectivity index (χ1) is 13.5. The SMILES string of the molecule is CC(C)c1ccccc1N1N=C(c2ccc(Br)cc2)CC1c1ccc(Cl)cc1. The fourth-order valence-electron chi connectivity index (χ4n) is 3.68. The summed E-state index contributed by atoms with van der Waals surface area (Å²) in [6, 6.07) is 25.2. The normalized spacial score (nSPS) is 16.5. The van der Waals surface area contributed by atoms with Crippen molar-refractivity contribution in [3.05, 3.63) is 99.0 Å². The first-order valence-electron chi connectivity index (χ1n) is 9.50. The summed E-state index contributed by atoms with van der Waals surface area (Å²) in [6.45, 7) is 4.46. The lowest BCUT2D eigenvalue weighted by atomic mass is 9.96. The van der Waals surface area contributed by atoms with Crippen LogP contribution in [0.4, 0.5) is 5.69 Å². The van der Waals surface area contributed by atoms with E-state index in [9.17, 15) is 0 Å². The maximum Gasteiger partial charge on any atom is 0.0831 e. The fourth-order valence-corrected chi connectivity index (χ4v) is 4.07. The summed E-state index contributed by atoms with van der Waals surface area (Å²) in [5.74, 6) is 0.425. The largest absolute Gasteiger partial charge is 0.257 e. The Morgan fingerprint density at radius 3 is 2.32 bits per heavy atom. The number of para-hydroxylation sites is 1. The molecule has 1 heterocycles. The van der Waals surface area contributed by atoms with Crippen molar-refractivity contribution in [2.45, 2.75) is 32.2 Å². The molecule has 0 aromatic heterocycles. The molecule has 1 aliphatic rings. The minimum absolute atomic E-state index is 0.149. The number of nitrogens with zero attached hydrogens (tertiary/aromatic N) is 2. The molecule has 0 radical (unpaired) electrons. The molecule has 1 aliphatic heterocycles. The van der Waals surface area contributed by atoms with Gasteiger partial charge in [0.1, 0.15) is 0 Å². The smallest absolute Gasteiger partial charge is 0.0831 e. The Hall–Kier alpha value is -2.10. The Morgan fingerprint density at radius 1 is 0.964 bits per heavy atom. The summed E-state index contributed by atoms with van der Waals surface area (Å²) in [5.41, 5.74) is 5.96. The molecule has 4 heteroatoms. The van der Waals surface area contributed by atoms with Gasteiger partial charge in [-0.15, -0.1) is 0 Å². The van der Waals surface area contributed by atoms with E-state index in [4.69, 9.17) is 16.7 Å². The molecule has 4 rings (SSSR count). The second-order valence-electron chi connectivity index (χ2n) is 7.38. The van der Waals surface area contributed by atoms with E-state index in [1.54, 1.807) is 0 Å². The highest BCUT2D eigenvalue weighted by Crippen LogP contribution is 2.40. The van der Waals surface area contributed by atoms with Crippen molar-refractivity contribution in [3.8, 4) is 0 Å². The van der Waals surface area contributed by atoms with Crippen molar-refractivity contribution in [3.63, 3.8) is 0 Å². The molecule has 0 spiro atoms. The van der Waals surface area contributed by atoms with Crippen molar-refractivity contribution in [1.82, 2.24) is 0 Å². The van der Waals surface area contributed by atoms with E-state index in [2.05, 4.69) is 95.5 Å². The topological polar surface area (TPSA) is 15.6 Å². The average molecular weight is 454 g/mol. The van der Waals surface area contributed by atoms with Gasteiger partial charge >= 0.3 is 0 Å². The van der Waals surface area contributed by atoms with Gasteiger partial charge < -0.3 is 0 Å². The molecule has 0 N–H and O–H groups in total. The minimum atomic E-state index is 0.149. The molecule has 0 saturated carbocycles. The molecule has 0 saturated heterocycles. The molecular weight excluding hydrogens is 432 g/mol. The molecule has 3 aromatic carbocycles. The standard InChI is InChI=1S/C24H22BrClN2/c1-16(2)21-5-3-4-6-23(21)28-24(18-9-13-20(26)14-10-18)15-22(27-28)17-7-11-19(25)12-8-17/h3-14,16,24H,15H2,1-2H3. The minimum Gasteiger partial charge on any atom is -0.257 e. The second kappa shape index (κ2) is 8.10. The summed E-state index contributed by atoms with van der Waals surface area (Å²) in [5, 5.41) is 8.03. The van der Waals surface area contributed by atoms with Crippen LogP contribution in [-0.2, 0) is 0 Å². The summed E-state index contributed by atoms with van der Waals surface area (Å²) < 4.78 is 1.08. The maximum atomic E-state index is 6.13. The highest BCUT2D eigenvalue weighted by Gasteiger charge is 2.31. The molecular formula is C24H22BrClN2. The summed E-state index contributed by atoms with van der Waals surface area (Å²) in [4.78, 5) is 0. The maximum absolute atomic E-state index is 6.13. The highest BCUT2D eigenvalue weighted by atomic mass is 79.9. The van der Waals surface area contributed by atoms with Crippen LogP contribution in [-0.4, -0.2) is 5.71 Å². The number of hydrogen-bond donors (Lipinski definition) is 0. The zero-order valence-electron chi connectivity index (χ0n) is 15.9. The van der Waals surface area contributed by atoms with Gasteiger partial charge in [0.05, 0.1) is 17.4 Å². The van der Waals surface area contributed by atoms with Gasteiger partial charge in [-0.1, -0.05) is 83.8 Å². The monoisotopic (exact) mass is 452 g/mol. The third-order valence-electron chi connectivity index (χ3n) is 5.15. The van der Waals surface area contributed by atoms with Crippen molar-refractivity contribution >= 4 is 38.9 Å². The van der Waals surface area contributed by atoms with Crippen molar-refractivity contribution < 1.29 is 0 Å². The van der Waals surface area contributed by atoms with Crippen LogP contribution in [0, 0.1) is 0 Å². The summed E-state index contributed by atoms with van der Waals surface area (Å²) >= 11 is 9.65. The van der Waals surface area contributed by atoms with Gasteiger partial charge in [0.2, 0.25) is 0 Å². The van der Waals surface area contributed by atoms with Gasteiger partial charge in [0.15, 0.2) is 0 Å². The Balaban J connectivity index is 1.80. The average Bonchev–Trinajstić information content (AvgIpc) is 3.14. The molecule has 0 aliphatic carbocycles. The number of anilines is 1. The molecule has 1 unspecified atom stereocenters. The zero-order valence-corrected chi connectivity index (χ0v) is 18.3. The van der Waals surface area contributed by atoms with Crippen molar-refractivity contribution in [2.24, 2.45) is 5.10 Å². The van der Waals surface area contributed by atoms with Gasteiger partial charge in [-0.2, -0.15) is 5.10 Å². The zero-order chi connectivity index (χ0) is 19.7. The molecule has 28 heavy (non-hydrogen) atoms. The lowest BCUT2D eigenvalue weighted by Gasteiger charge is -2.27. The predicted octanol–water partition coefficient (Wildman–Crippen LogP) is 7.58.